The molecular formula is C14H25NO4. The van der Waals surface area contributed by atoms with Crippen molar-refractivity contribution in [3.63, 3.8) is 0 Å². The highest BCUT2D eigenvalue weighted by atomic mass is 16.6. The van der Waals surface area contributed by atoms with Gasteiger partial charge >= 0.3 is 6.09 Å². The van der Waals surface area contributed by atoms with Gasteiger partial charge in [0.1, 0.15) is 11.3 Å². The van der Waals surface area contributed by atoms with Crippen LogP contribution >= 0.6 is 0 Å². The average molecular weight is 271 g/mol. The molecule has 5 nitrogen and oxygen atoms in total. The van der Waals surface area contributed by atoms with Crippen LogP contribution in [0.25, 0.3) is 0 Å². The molecule has 0 aliphatic carbocycles. The Labute approximate surface area is 115 Å². The molecule has 0 aromatic heterocycles. The minimum absolute atomic E-state index is 0.0287. The average Bonchev–Trinajstić information content (AvgIpc) is 2.51. The Morgan fingerprint density at radius 3 is 2.58 bits per heavy atom. The minimum Gasteiger partial charge on any atom is -0.444 e. The Hall–Kier alpha value is -1.07. The summed E-state index contributed by atoms with van der Waals surface area (Å²) in [5.41, 5.74) is -0.449. The van der Waals surface area contributed by atoms with E-state index in [9.17, 15) is 4.79 Å². The van der Waals surface area contributed by atoms with Crippen molar-refractivity contribution < 1.29 is 19.4 Å². The van der Waals surface area contributed by atoms with Crippen LogP contribution in [0.15, 0.2) is 11.6 Å². The lowest BCUT2D eigenvalue weighted by molar-refractivity contribution is -0.0610. The molecule has 110 valence electrons. The molecule has 0 unspecified atom stereocenters. The number of ether oxygens (including phenoxy) is 2. The number of aliphatic hydroxyl groups is 1. The molecule has 1 aliphatic heterocycles. The van der Waals surface area contributed by atoms with Crippen molar-refractivity contribution in [2.75, 3.05) is 13.2 Å². The molecule has 1 atom stereocenters. The Kier molecular flexibility index (Phi) is 4.63. The van der Waals surface area contributed by atoms with Gasteiger partial charge in [-0.2, -0.15) is 0 Å². The molecule has 1 aliphatic rings. The van der Waals surface area contributed by atoms with Crippen LogP contribution in [0.3, 0.4) is 0 Å². The molecule has 0 aromatic rings. The van der Waals surface area contributed by atoms with E-state index in [4.69, 9.17) is 14.6 Å². The monoisotopic (exact) mass is 271 g/mol. The van der Waals surface area contributed by atoms with Crippen LogP contribution in [-0.2, 0) is 9.47 Å². The first-order valence-corrected chi connectivity index (χ1v) is 6.51. The van der Waals surface area contributed by atoms with Gasteiger partial charge in [0, 0.05) is 0 Å². The van der Waals surface area contributed by atoms with E-state index < -0.39 is 17.4 Å². The third-order valence-corrected chi connectivity index (χ3v) is 2.84. The second-order valence-electron chi connectivity index (χ2n) is 6.35. The van der Waals surface area contributed by atoms with E-state index >= 15 is 0 Å². The summed E-state index contributed by atoms with van der Waals surface area (Å²) >= 11 is 0. The predicted octanol–water partition coefficient (Wildman–Crippen LogP) is 2.30. The van der Waals surface area contributed by atoms with E-state index in [-0.39, 0.29) is 12.6 Å². The molecule has 19 heavy (non-hydrogen) atoms. The lowest BCUT2D eigenvalue weighted by Crippen LogP contribution is -2.49. The van der Waals surface area contributed by atoms with Crippen LogP contribution in [-0.4, -0.2) is 46.7 Å². The molecule has 0 bridgehead atoms. The first kappa shape index (κ1) is 16.0. The van der Waals surface area contributed by atoms with Gasteiger partial charge in [0.15, 0.2) is 0 Å². The zero-order chi connectivity index (χ0) is 14.8. The van der Waals surface area contributed by atoms with Crippen molar-refractivity contribution in [2.45, 2.75) is 58.9 Å². The van der Waals surface area contributed by atoms with Gasteiger partial charge in [0.05, 0.1) is 19.3 Å². The summed E-state index contributed by atoms with van der Waals surface area (Å²) in [7, 11) is 0. The van der Waals surface area contributed by atoms with Crippen LogP contribution < -0.4 is 0 Å². The zero-order valence-electron chi connectivity index (χ0n) is 12.7. The highest BCUT2D eigenvalue weighted by molar-refractivity contribution is 5.70. The number of carbonyl (C=O) groups is 1. The van der Waals surface area contributed by atoms with Crippen LogP contribution in [0.2, 0.25) is 0 Å². The first-order chi connectivity index (χ1) is 8.57. The molecule has 0 radical (unpaired) electrons. The summed E-state index contributed by atoms with van der Waals surface area (Å²) < 4.78 is 11.1. The summed E-state index contributed by atoms with van der Waals surface area (Å²) in [6.07, 6.45) is 1.44. The second kappa shape index (κ2) is 5.51. The van der Waals surface area contributed by atoms with E-state index in [2.05, 4.69) is 0 Å². The van der Waals surface area contributed by atoms with Gasteiger partial charge in [-0.25, -0.2) is 4.79 Å². The van der Waals surface area contributed by atoms with Gasteiger partial charge in [-0.1, -0.05) is 6.08 Å². The molecule has 1 rings (SSSR count). The van der Waals surface area contributed by atoms with Crippen molar-refractivity contribution in [3.05, 3.63) is 11.6 Å². The maximum absolute atomic E-state index is 12.3. The molecule has 0 aromatic carbocycles. The fraction of sp³-hybridized carbons (Fsp3) is 0.786. The van der Waals surface area contributed by atoms with Crippen molar-refractivity contribution in [1.82, 2.24) is 4.90 Å². The van der Waals surface area contributed by atoms with Crippen molar-refractivity contribution in [3.8, 4) is 0 Å². The minimum atomic E-state index is -0.709. The van der Waals surface area contributed by atoms with E-state index in [1.54, 1.807) is 4.90 Å². The fourth-order valence-electron chi connectivity index (χ4n) is 2.00. The van der Waals surface area contributed by atoms with Crippen LogP contribution in [0.4, 0.5) is 4.79 Å². The van der Waals surface area contributed by atoms with Gasteiger partial charge in [-0.05, 0) is 47.1 Å². The normalized spacial score (nSPS) is 23.6. The number of hydrogen-bond acceptors (Lipinski definition) is 4. The van der Waals surface area contributed by atoms with E-state index in [1.165, 1.54) is 0 Å². The molecule has 1 N–H and O–H groups in total. The van der Waals surface area contributed by atoms with E-state index in [0.717, 1.165) is 5.57 Å². The van der Waals surface area contributed by atoms with Crippen molar-refractivity contribution in [2.24, 2.45) is 0 Å². The van der Waals surface area contributed by atoms with Gasteiger partial charge in [-0.15, -0.1) is 0 Å². The SMILES string of the molecule is C/C(=C\[C@@H]1COC(C)(C)N1C(=O)OC(C)(C)C)CO. The summed E-state index contributed by atoms with van der Waals surface area (Å²) in [6.45, 7) is 11.4. The third-order valence-electron chi connectivity index (χ3n) is 2.84. The number of carbonyl (C=O) groups excluding carboxylic acids is 1. The number of rotatable bonds is 2. The standard InChI is InChI=1S/C14H25NO4/c1-10(8-16)7-11-9-18-14(5,6)15(11)12(17)19-13(2,3)4/h7,11,16H,8-9H2,1-6H3/b10-7+/t11-/m1/s1. The molecule has 1 heterocycles. The van der Waals surface area contributed by atoms with Crippen molar-refractivity contribution >= 4 is 6.09 Å². The smallest absolute Gasteiger partial charge is 0.413 e. The molecular weight excluding hydrogens is 246 g/mol. The zero-order valence-corrected chi connectivity index (χ0v) is 12.7. The van der Waals surface area contributed by atoms with Gasteiger partial charge in [0.2, 0.25) is 0 Å². The molecule has 1 fully saturated rings. The number of aliphatic hydroxyl groups excluding tert-OH is 1. The Morgan fingerprint density at radius 1 is 1.53 bits per heavy atom. The van der Waals surface area contributed by atoms with Gasteiger partial charge < -0.3 is 14.6 Å². The summed E-state index contributed by atoms with van der Waals surface area (Å²) in [6, 6.07) is -0.211. The maximum Gasteiger partial charge on any atom is 0.413 e. The number of hydrogen-bond donors (Lipinski definition) is 1. The van der Waals surface area contributed by atoms with Crippen LogP contribution in [0.5, 0.6) is 0 Å². The first-order valence-electron chi connectivity index (χ1n) is 6.51. The Bertz CT molecular complexity index is 368. The van der Waals surface area contributed by atoms with E-state index in [1.807, 2.05) is 47.6 Å². The predicted molar refractivity (Wildman–Crippen MR) is 72.7 cm³/mol. The molecule has 0 spiro atoms. The van der Waals surface area contributed by atoms with Crippen molar-refractivity contribution in [1.29, 1.82) is 0 Å². The lowest BCUT2D eigenvalue weighted by Gasteiger charge is -2.34. The van der Waals surface area contributed by atoms with Crippen LogP contribution in [0, 0.1) is 0 Å². The lowest BCUT2D eigenvalue weighted by atomic mass is 10.1. The van der Waals surface area contributed by atoms with E-state index in [0.29, 0.717) is 6.61 Å². The number of nitrogens with zero attached hydrogens (tertiary/aromatic N) is 1. The topological polar surface area (TPSA) is 59.0 Å². The number of amides is 1. The third kappa shape index (κ3) is 4.21. The fourth-order valence-corrected chi connectivity index (χ4v) is 2.00. The Morgan fingerprint density at radius 2 is 2.11 bits per heavy atom. The quantitative estimate of drug-likeness (QED) is 0.783. The highest BCUT2D eigenvalue weighted by Gasteiger charge is 2.44. The molecule has 0 saturated carbocycles. The summed E-state index contributed by atoms with van der Waals surface area (Å²) in [5.74, 6) is 0. The highest BCUT2D eigenvalue weighted by Crippen LogP contribution is 2.30. The van der Waals surface area contributed by atoms with Gasteiger partial charge in [0.25, 0.3) is 0 Å². The van der Waals surface area contributed by atoms with Gasteiger partial charge in [-0.3, -0.25) is 4.90 Å². The summed E-state index contributed by atoms with van der Waals surface area (Å²) in [5, 5.41) is 9.09. The molecule has 5 heteroatoms. The van der Waals surface area contributed by atoms with Crippen LogP contribution in [0.1, 0.15) is 41.5 Å². The molecule has 1 amide bonds. The molecule has 1 saturated heterocycles. The Balaban J connectivity index is 2.93. The largest absolute Gasteiger partial charge is 0.444 e. The second-order valence-corrected chi connectivity index (χ2v) is 6.35. The summed E-state index contributed by atoms with van der Waals surface area (Å²) in [4.78, 5) is 13.9. The maximum atomic E-state index is 12.3.